The normalized spacial score (nSPS) is 19.8. The van der Waals surface area contributed by atoms with Crippen LogP contribution < -0.4 is 10.2 Å². The van der Waals surface area contributed by atoms with Crippen LogP contribution in [0, 0.1) is 10.1 Å². The molecule has 0 spiro atoms. The molecule has 1 heterocycles. The van der Waals surface area contributed by atoms with Crippen LogP contribution in [0.4, 0.5) is 22.7 Å². The molecule has 2 aromatic carbocycles. The maximum absolute atomic E-state index is 11.4. The van der Waals surface area contributed by atoms with Crippen molar-refractivity contribution in [2.45, 2.75) is 32.9 Å². The Balaban J connectivity index is 1.84. The van der Waals surface area contributed by atoms with Gasteiger partial charge in [-0.2, -0.15) is 0 Å². The Bertz CT molecular complexity index is 905. The van der Waals surface area contributed by atoms with Gasteiger partial charge in [0.15, 0.2) is 0 Å². The molecule has 2 aromatic rings. The van der Waals surface area contributed by atoms with Gasteiger partial charge in [-0.1, -0.05) is 13.0 Å². The van der Waals surface area contributed by atoms with Crippen LogP contribution in [0.5, 0.6) is 0 Å². The van der Waals surface area contributed by atoms with Gasteiger partial charge in [-0.15, -0.1) is 0 Å². The lowest BCUT2D eigenvalue weighted by Gasteiger charge is -2.45. The number of nitrogens with one attached hydrogen (secondary N) is 1. The first-order valence-electron chi connectivity index (χ1n) is 9.69. The molecule has 0 amide bonds. The molecule has 0 saturated carbocycles. The highest BCUT2D eigenvalue weighted by molar-refractivity contribution is 5.90. The van der Waals surface area contributed by atoms with Gasteiger partial charge in [0.2, 0.25) is 0 Å². The zero-order valence-electron chi connectivity index (χ0n) is 16.8. The summed E-state index contributed by atoms with van der Waals surface area (Å²) in [5.41, 5.74) is 1.64. The van der Waals surface area contributed by atoms with Crippen LogP contribution in [0.1, 0.15) is 31.1 Å². The van der Waals surface area contributed by atoms with Crippen LogP contribution in [0.25, 0.3) is 0 Å². The monoisotopic (exact) mass is 398 g/mol. The lowest BCUT2D eigenvalue weighted by Crippen LogP contribution is -2.56. The number of aromatic carboxylic acids is 1. The lowest BCUT2D eigenvalue weighted by atomic mass is 10.1. The van der Waals surface area contributed by atoms with Crippen molar-refractivity contribution in [2.75, 3.05) is 29.9 Å². The van der Waals surface area contributed by atoms with E-state index in [2.05, 4.69) is 35.9 Å². The number of piperazine rings is 1. The van der Waals surface area contributed by atoms with E-state index >= 15 is 0 Å². The highest BCUT2D eigenvalue weighted by atomic mass is 16.6. The van der Waals surface area contributed by atoms with Crippen LogP contribution in [-0.2, 0) is 0 Å². The van der Waals surface area contributed by atoms with Gasteiger partial charge in [0, 0.05) is 42.6 Å². The Morgan fingerprint density at radius 2 is 1.90 bits per heavy atom. The summed E-state index contributed by atoms with van der Waals surface area (Å²) >= 11 is 0. The van der Waals surface area contributed by atoms with Crippen molar-refractivity contribution in [3.63, 3.8) is 0 Å². The molecule has 154 valence electrons. The molecule has 3 rings (SSSR count). The van der Waals surface area contributed by atoms with Crippen LogP contribution in [0.3, 0.4) is 0 Å². The first-order valence-corrected chi connectivity index (χ1v) is 9.69. The summed E-state index contributed by atoms with van der Waals surface area (Å²) < 4.78 is 0. The molecular formula is C21H26N4O4. The average molecular weight is 398 g/mol. The van der Waals surface area contributed by atoms with Crippen molar-refractivity contribution in [3.8, 4) is 0 Å². The second-order valence-corrected chi connectivity index (χ2v) is 7.40. The third kappa shape index (κ3) is 4.48. The Morgan fingerprint density at radius 3 is 2.48 bits per heavy atom. The fourth-order valence-electron chi connectivity index (χ4n) is 4.05. The molecule has 1 aliphatic heterocycles. The Hall–Kier alpha value is -3.13. The van der Waals surface area contributed by atoms with E-state index in [9.17, 15) is 14.9 Å². The molecule has 2 N–H and O–H groups in total. The maximum Gasteiger partial charge on any atom is 0.335 e. The van der Waals surface area contributed by atoms with Gasteiger partial charge in [-0.05, 0) is 50.7 Å². The maximum atomic E-state index is 11.4. The molecule has 0 bridgehead atoms. The van der Waals surface area contributed by atoms with Gasteiger partial charge < -0.3 is 15.3 Å². The van der Waals surface area contributed by atoms with Crippen LogP contribution in [0.15, 0.2) is 42.5 Å². The number of carboxylic acids is 1. The number of hydrogen-bond acceptors (Lipinski definition) is 6. The molecule has 8 nitrogen and oxygen atoms in total. The number of rotatable bonds is 6. The molecular weight excluding hydrogens is 372 g/mol. The summed E-state index contributed by atoms with van der Waals surface area (Å²) in [5.74, 6) is -1.20. The van der Waals surface area contributed by atoms with Gasteiger partial charge >= 0.3 is 5.97 Å². The summed E-state index contributed by atoms with van der Waals surface area (Å²) in [5, 5.41) is 23.5. The van der Waals surface area contributed by atoms with E-state index in [1.807, 2.05) is 24.3 Å². The first kappa shape index (κ1) is 20.6. The number of benzene rings is 2. The first-order chi connectivity index (χ1) is 13.8. The predicted octanol–water partition coefficient (Wildman–Crippen LogP) is 3.96. The van der Waals surface area contributed by atoms with Crippen molar-refractivity contribution >= 4 is 28.7 Å². The van der Waals surface area contributed by atoms with Crippen molar-refractivity contribution in [3.05, 3.63) is 58.1 Å². The molecule has 29 heavy (non-hydrogen) atoms. The lowest BCUT2D eigenvalue weighted by molar-refractivity contribution is -0.383. The van der Waals surface area contributed by atoms with Crippen molar-refractivity contribution in [2.24, 2.45) is 0 Å². The Morgan fingerprint density at radius 1 is 1.21 bits per heavy atom. The molecule has 1 aliphatic rings. The Labute approximate surface area is 169 Å². The third-order valence-electron chi connectivity index (χ3n) is 5.40. The molecule has 8 heteroatoms. The Kier molecular flexibility index (Phi) is 6.03. The van der Waals surface area contributed by atoms with E-state index in [4.69, 9.17) is 5.11 Å². The van der Waals surface area contributed by atoms with Crippen LogP contribution in [0.2, 0.25) is 0 Å². The van der Waals surface area contributed by atoms with Crippen molar-refractivity contribution in [1.82, 2.24) is 4.90 Å². The van der Waals surface area contributed by atoms with E-state index in [-0.39, 0.29) is 16.9 Å². The number of nitro groups is 1. The molecule has 1 saturated heterocycles. The number of anilines is 3. The number of carbonyl (C=O) groups is 1. The molecule has 1 fully saturated rings. The van der Waals surface area contributed by atoms with Crippen LogP contribution in [-0.4, -0.2) is 52.6 Å². The summed E-state index contributed by atoms with van der Waals surface area (Å²) in [7, 11) is 0. The summed E-state index contributed by atoms with van der Waals surface area (Å²) in [4.78, 5) is 26.7. The highest BCUT2D eigenvalue weighted by Crippen LogP contribution is 2.31. The van der Waals surface area contributed by atoms with Gasteiger partial charge in [0.1, 0.15) is 5.69 Å². The molecule has 0 aromatic heterocycles. The highest BCUT2D eigenvalue weighted by Gasteiger charge is 2.28. The minimum atomic E-state index is -1.20. The fraction of sp³-hybridized carbons (Fsp3) is 0.381. The molecule has 2 atom stereocenters. The minimum Gasteiger partial charge on any atom is -0.478 e. The molecule has 0 aliphatic carbocycles. The SMILES string of the molecule is CCN1C(C)CN(c2cccc(Nc3ccc(C(=O)O)cc3[N+](=O)[O-])c2)CC1C. The van der Waals surface area contributed by atoms with E-state index < -0.39 is 10.9 Å². The smallest absolute Gasteiger partial charge is 0.335 e. The van der Waals surface area contributed by atoms with Gasteiger partial charge in [-0.3, -0.25) is 15.0 Å². The van der Waals surface area contributed by atoms with Gasteiger partial charge in [0.05, 0.1) is 10.5 Å². The van der Waals surface area contributed by atoms with Gasteiger partial charge in [0.25, 0.3) is 5.69 Å². The van der Waals surface area contributed by atoms with E-state index in [1.54, 1.807) is 0 Å². The van der Waals surface area contributed by atoms with Crippen molar-refractivity contribution < 1.29 is 14.8 Å². The molecule has 0 radical (unpaired) electrons. The number of nitro benzene ring substituents is 1. The van der Waals surface area contributed by atoms with E-state index in [0.29, 0.717) is 17.8 Å². The minimum absolute atomic E-state index is 0.118. The summed E-state index contributed by atoms with van der Waals surface area (Å²) in [6.07, 6.45) is 0. The van der Waals surface area contributed by atoms with E-state index in [0.717, 1.165) is 31.4 Å². The topological polar surface area (TPSA) is 99.0 Å². The molecule has 2 unspecified atom stereocenters. The zero-order valence-corrected chi connectivity index (χ0v) is 16.8. The van der Waals surface area contributed by atoms with E-state index in [1.165, 1.54) is 12.1 Å². The number of nitrogens with zero attached hydrogens (tertiary/aromatic N) is 3. The number of likely N-dealkylation sites (N-methyl/N-ethyl adjacent to an activating group) is 1. The number of carboxylic acid groups (broad SMARTS) is 1. The largest absolute Gasteiger partial charge is 0.478 e. The second-order valence-electron chi connectivity index (χ2n) is 7.40. The standard InChI is InChI=1S/C21H26N4O4/c1-4-24-14(2)12-23(13-15(24)3)18-7-5-6-17(11-18)22-19-9-8-16(21(26)27)10-20(19)25(28)29/h5-11,14-15,22H,4,12-13H2,1-3H3,(H,26,27). The zero-order chi connectivity index (χ0) is 21.1. The van der Waals surface area contributed by atoms with Gasteiger partial charge in [-0.25, -0.2) is 4.79 Å². The average Bonchev–Trinajstić information content (AvgIpc) is 2.68. The quantitative estimate of drug-likeness (QED) is 0.561. The summed E-state index contributed by atoms with van der Waals surface area (Å²) in [6, 6.07) is 12.5. The van der Waals surface area contributed by atoms with Crippen molar-refractivity contribution in [1.29, 1.82) is 0 Å². The third-order valence-corrected chi connectivity index (χ3v) is 5.40. The fourth-order valence-corrected chi connectivity index (χ4v) is 4.05. The summed E-state index contributed by atoms with van der Waals surface area (Å²) in [6.45, 7) is 9.47. The van der Waals surface area contributed by atoms with Crippen LogP contribution >= 0.6 is 0 Å². The second kappa shape index (κ2) is 8.48. The predicted molar refractivity (Wildman–Crippen MR) is 113 cm³/mol. The number of hydrogen-bond donors (Lipinski definition) is 2.